The number of rotatable bonds is 10. The molecule has 0 aromatic heterocycles. The van der Waals surface area contributed by atoms with Gasteiger partial charge in [0.05, 0.1) is 24.9 Å². The van der Waals surface area contributed by atoms with Crippen LogP contribution in [0.3, 0.4) is 0 Å². The first kappa shape index (κ1) is 33.2. The monoisotopic (exact) mass is 529 g/mol. The van der Waals surface area contributed by atoms with Gasteiger partial charge in [0.15, 0.2) is 0 Å². The number of alkyl carbamates (subject to hydrolysis) is 1. The van der Waals surface area contributed by atoms with Crippen LogP contribution in [0, 0.1) is 63.2 Å². The van der Waals surface area contributed by atoms with E-state index in [2.05, 4.69) is 16.0 Å². The summed E-state index contributed by atoms with van der Waals surface area (Å²) in [6.45, 7) is 8.85. The molecule has 0 spiro atoms. The van der Waals surface area contributed by atoms with E-state index in [0.29, 0.717) is 44.5 Å². The molecule has 0 atom stereocenters. The van der Waals surface area contributed by atoms with Gasteiger partial charge in [0.1, 0.15) is 5.60 Å². The fourth-order valence-corrected chi connectivity index (χ4v) is 2.56. The quantitative estimate of drug-likeness (QED) is 0.226. The number of carbonyl (C=O) groups excluding carboxylic acids is 4. The third kappa shape index (κ3) is 16.5. The Morgan fingerprint density at radius 2 is 1.23 bits per heavy atom. The molecule has 2 rings (SSSR count). The molecule has 3 amide bonds. The zero-order valence-electron chi connectivity index (χ0n) is 20.7. The Labute approximate surface area is 221 Å². The number of ether oxygens (including phenoxy) is 2. The molecule has 0 aliphatic heterocycles. The number of amides is 3. The van der Waals surface area contributed by atoms with Crippen LogP contribution in [0.2, 0.25) is 0 Å². The standard InChI is InChI=1S/C14H21N2O3.C11H14NO3.Fe/c1-14(2,3)19-13(18)16-10-6-9-15-12(17)11-7-4-5-8-11;1-2-15-10(13)7-8-12-11(14)9-5-3-4-6-9;/h4-5,7-8H,6,9-10H2,1-3H3,(H,15,17)(H,16,18);3-6H,2,7-8H2,1H3,(H,12,14);/q;;+2. The summed E-state index contributed by atoms with van der Waals surface area (Å²) in [7, 11) is 0. The summed E-state index contributed by atoms with van der Waals surface area (Å²) in [5, 5.41) is 8.05. The van der Waals surface area contributed by atoms with Gasteiger partial charge >= 0.3 is 29.1 Å². The molecule has 3 N–H and O–H groups in total. The molecule has 0 bridgehead atoms. The van der Waals surface area contributed by atoms with Gasteiger partial charge in [0.25, 0.3) is 0 Å². The molecule has 0 aromatic rings. The van der Waals surface area contributed by atoms with E-state index in [1.54, 1.807) is 45.4 Å². The van der Waals surface area contributed by atoms with Gasteiger partial charge in [-0.3, -0.25) is 14.4 Å². The van der Waals surface area contributed by atoms with Crippen molar-refractivity contribution >= 4 is 23.9 Å². The van der Waals surface area contributed by atoms with E-state index < -0.39 is 11.7 Å². The van der Waals surface area contributed by atoms with E-state index in [4.69, 9.17) is 9.47 Å². The van der Waals surface area contributed by atoms with E-state index in [1.165, 1.54) is 0 Å². The Morgan fingerprint density at radius 1 is 0.771 bits per heavy atom. The van der Waals surface area contributed by atoms with Crippen molar-refractivity contribution in [1.82, 2.24) is 16.0 Å². The van der Waals surface area contributed by atoms with Gasteiger partial charge in [-0.1, -0.05) is 0 Å². The van der Waals surface area contributed by atoms with Crippen LogP contribution in [0.4, 0.5) is 4.79 Å². The first-order valence-corrected chi connectivity index (χ1v) is 11.2. The van der Waals surface area contributed by atoms with Crippen molar-refractivity contribution in [1.29, 1.82) is 0 Å². The molecule has 35 heavy (non-hydrogen) atoms. The van der Waals surface area contributed by atoms with E-state index in [1.807, 2.05) is 33.6 Å². The molecule has 0 saturated heterocycles. The van der Waals surface area contributed by atoms with Gasteiger partial charge in [-0.2, -0.15) is 0 Å². The number of esters is 1. The predicted octanol–water partition coefficient (Wildman–Crippen LogP) is 1.88. The molecular weight excluding hydrogens is 494 g/mol. The Balaban J connectivity index is 0.000000659. The van der Waals surface area contributed by atoms with Crippen molar-refractivity contribution in [2.45, 2.75) is 46.1 Å². The van der Waals surface area contributed by atoms with Crippen LogP contribution >= 0.6 is 0 Å². The van der Waals surface area contributed by atoms with Crippen molar-refractivity contribution in [3.8, 4) is 0 Å². The van der Waals surface area contributed by atoms with E-state index in [-0.39, 0.29) is 41.3 Å². The zero-order valence-corrected chi connectivity index (χ0v) is 21.8. The second kappa shape index (κ2) is 18.5. The van der Waals surface area contributed by atoms with Crippen LogP contribution < -0.4 is 16.0 Å². The van der Waals surface area contributed by atoms with Gasteiger partial charge in [-0.15, -0.1) is 0 Å². The molecule has 2 aliphatic rings. The van der Waals surface area contributed by atoms with Crippen LogP contribution in [0.5, 0.6) is 0 Å². The van der Waals surface area contributed by atoms with Crippen LogP contribution in [-0.4, -0.2) is 55.7 Å². The summed E-state index contributed by atoms with van der Waals surface area (Å²) >= 11 is 0. The van der Waals surface area contributed by atoms with E-state index in [0.717, 1.165) is 0 Å². The minimum Gasteiger partial charge on any atom is -0.466 e. The molecule has 2 aliphatic carbocycles. The zero-order chi connectivity index (χ0) is 25.4. The minimum absolute atomic E-state index is 0. The Morgan fingerprint density at radius 3 is 1.69 bits per heavy atom. The van der Waals surface area contributed by atoms with E-state index >= 15 is 0 Å². The molecule has 2 fully saturated rings. The summed E-state index contributed by atoms with van der Waals surface area (Å²) in [5.74, 6) is 0.714. The van der Waals surface area contributed by atoms with Crippen molar-refractivity contribution in [3.63, 3.8) is 0 Å². The Bertz CT molecular complexity index is 642. The predicted molar refractivity (Wildman–Crippen MR) is 127 cm³/mol. The van der Waals surface area contributed by atoms with Gasteiger partial charge in [0.2, 0.25) is 11.8 Å². The van der Waals surface area contributed by atoms with Crippen molar-refractivity contribution in [2.75, 3.05) is 26.2 Å². The van der Waals surface area contributed by atoms with Crippen LogP contribution in [0.25, 0.3) is 0 Å². The topological polar surface area (TPSA) is 123 Å². The number of nitrogens with one attached hydrogen (secondary N) is 3. The van der Waals surface area contributed by atoms with Crippen molar-refractivity contribution in [2.24, 2.45) is 0 Å². The van der Waals surface area contributed by atoms with Crippen molar-refractivity contribution in [3.05, 3.63) is 63.2 Å². The largest absolute Gasteiger partial charge is 2.00 e. The SMILES string of the molecule is CC(C)(C)OC(=O)NCCCNC(=O)[C]1[CH][CH][CH][CH]1.CCOC(=O)CCNC(=O)[C]1[CH][CH][CH][CH]1.[Fe+2]. The van der Waals surface area contributed by atoms with E-state index in [9.17, 15) is 19.2 Å². The van der Waals surface area contributed by atoms with Crippen LogP contribution in [-0.2, 0) is 40.9 Å². The fourth-order valence-electron chi connectivity index (χ4n) is 2.56. The molecular formula is C25H35FeN3O6+2. The first-order valence-electron chi connectivity index (χ1n) is 11.2. The van der Waals surface area contributed by atoms with Crippen LogP contribution in [0.15, 0.2) is 0 Å². The minimum atomic E-state index is -0.490. The molecule has 2 saturated carbocycles. The van der Waals surface area contributed by atoms with Gasteiger partial charge in [-0.25, -0.2) is 4.79 Å². The molecule has 10 heteroatoms. The third-order valence-corrected chi connectivity index (χ3v) is 4.08. The molecule has 192 valence electrons. The molecule has 0 unspecified atom stereocenters. The Kier molecular flexibility index (Phi) is 17.5. The maximum absolute atomic E-state index is 11.6. The number of hydrogen-bond acceptors (Lipinski definition) is 6. The van der Waals surface area contributed by atoms with Gasteiger partial charge < -0.3 is 25.4 Å². The second-order valence-electron chi connectivity index (χ2n) is 8.20. The summed E-state index contributed by atoms with van der Waals surface area (Å²) in [6.07, 6.45) is 14.6. The summed E-state index contributed by atoms with van der Waals surface area (Å²) in [5.41, 5.74) is -0.490. The molecule has 9 nitrogen and oxygen atoms in total. The fraction of sp³-hybridized carbons (Fsp3) is 0.440. The maximum atomic E-state index is 11.6. The molecule has 0 heterocycles. The summed E-state index contributed by atoms with van der Waals surface area (Å²) < 4.78 is 9.81. The second-order valence-corrected chi connectivity index (χ2v) is 8.20. The van der Waals surface area contributed by atoms with Crippen LogP contribution in [0.1, 0.15) is 40.5 Å². The third-order valence-electron chi connectivity index (χ3n) is 4.08. The smallest absolute Gasteiger partial charge is 0.466 e. The average Bonchev–Trinajstić information content (AvgIpc) is 3.47. The first-order chi connectivity index (χ1) is 16.1. The number of carbonyl (C=O) groups is 4. The van der Waals surface area contributed by atoms with Gasteiger partial charge in [0, 0.05) is 19.6 Å². The molecule has 0 aromatic carbocycles. The van der Waals surface area contributed by atoms with Gasteiger partial charge in [-0.05, 0) is 85.5 Å². The normalized spacial score (nSPS) is 15.8. The molecule has 10 radical (unpaired) electrons. The summed E-state index contributed by atoms with van der Waals surface area (Å²) in [6, 6.07) is 0. The maximum Gasteiger partial charge on any atom is 2.00 e. The average molecular weight is 529 g/mol. The Hall–Kier alpha value is -1.80. The van der Waals surface area contributed by atoms with Crippen molar-refractivity contribution < 1.29 is 45.7 Å². The summed E-state index contributed by atoms with van der Waals surface area (Å²) in [4.78, 5) is 45.2. The number of hydrogen-bond donors (Lipinski definition) is 3.